The fourth-order valence-corrected chi connectivity index (χ4v) is 1.90. The van der Waals surface area contributed by atoms with Gasteiger partial charge in [-0.3, -0.25) is 4.90 Å². The van der Waals surface area contributed by atoms with Gasteiger partial charge < -0.3 is 5.73 Å². The third-order valence-corrected chi connectivity index (χ3v) is 2.60. The molecule has 15 heavy (non-hydrogen) atoms. The highest BCUT2D eigenvalue weighted by molar-refractivity contribution is 5.85. The van der Waals surface area contributed by atoms with Gasteiger partial charge in [-0.1, -0.05) is 12.1 Å². The van der Waals surface area contributed by atoms with Gasteiger partial charge in [0, 0.05) is 25.7 Å². The van der Waals surface area contributed by atoms with Gasteiger partial charge in [-0.05, 0) is 24.1 Å². The second-order valence-corrected chi connectivity index (χ2v) is 3.91. The molecule has 1 aromatic carbocycles. The normalized spacial score (nSPS) is 21.3. The zero-order valence-electron chi connectivity index (χ0n) is 8.53. The maximum absolute atomic E-state index is 12.9. The van der Waals surface area contributed by atoms with Crippen molar-refractivity contribution in [3.8, 4) is 0 Å². The molecule has 0 amide bonds. The quantitative estimate of drug-likeness (QED) is 0.839. The molecule has 84 valence electrons. The van der Waals surface area contributed by atoms with Gasteiger partial charge in [-0.25, -0.2) is 4.39 Å². The van der Waals surface area contributed by atoms with Crippen LogP contribution in [0.3, 0.4) is 0 Å². The molecule has 4 heteroatoms. The van der Waals surface area contributed by atoms with Crippen molar-refractivity contribution in [2.75, 3.05) is 13.1 Å². The van der Waals surface area contributed by atoms with Gasteiger partial charge in [-0.15, -0.1) is 12.4 Å². The first-order chi connectivity index (χ1) is 6.74. The predicted octanol–water partition coefficient (Wildman–Crippen LogP) is 1.78. The summed E-state index contributed by atoms with van der Waals surface area (Å²) in [7, 11) is 0. The number of hydrogen-bond donors (Lipinski definition) is 1. The third-order valence-electron chi connectivity index (χ3n) is 2.60. The van der Waals surface area contributed by atoms with E-state index in [1.54, 1.807) is 12.1 Å². The molecule has 1 heterocycles. The molecule has 1 saturated heterocycles. The molecule has 0 spiro atoms. The van der Waals surface area contributed by atoms with Crippen molar-refractivity contribution < 1.29 is 4.39 Å². The average Bonchev–Trinajstić information content (AvgIpc) is 2.51. The number of hydrogen-bond acceptors (Lipinski definition) is 2. The largest absolute Gasteiger partial charge is 0.326 e. The SMILES string of the molecule is Cl.N[C@H]1CCN(Cc2cccc(F)c2)C1. The van der Waals surface area contributed by atoms with E-state index in [-0.39, 0.29) is 18.2 Å². The minimum absolute atomic E-state index is 0. The second kappa shape index (κ2) is 5.45. The van der Waals surface area contributed by atoms with E-state index in [0.29, 0.717) is 6.04 Å². The number of rotatable bonds is 2. The lowest BCUT2D eigenvalue weighted by atomic mass is 10.2. The van der Waals surface area contributed by atoms with E-state index in [2.05, 4.69) is 4.90 Å². The molecule has 1 aliphatic heterocycles. The molecular formula is C11H16ClFN2. The van der Waals surface area contributed by atoms with E-state index in [1.165, 1.54) is 6.07 Å². The molecule has 0 aliphatic carbocycles. The van der Waals surface area contributed by atoms with Crippen LogP contribution in [0.1, 0.15) is 12.0 Å². The standard InChI is InChI=1S/C11H15FN2.ClH/c12-10-3-1-2-9(6-10)7-14-5-4-11(13)8-14;/h1-3,6,11H,4-5,7-8,13H2;1H/t11-;/m0./s1. The molecule has 0 saturated carbocycles. The lowest BCUT2D eigenvalue weighted by molar-refractivity contribution is 0.326. The molecule has 1 atom stereocenters. The van der Waals surface area contributed by atoms with Crippen LogP contribution in [0, 0.1) is 5.82 Å². The van der Waals surface area contributed by atoms with E-state index in [0.717, 1.165) is 31.6 Å². The Morgan fingerprint density at radius 2 is 2.27 bits per heavy atom. The Morgan fingerprint density at radius 3 is 2.87 bits per heavy atom. The Balaban J connectivity index is 0.00000112. The van der Waals surface area contributed by atoms with Gasteiger partial charge in [0.05, 0.1) is 0 Å². The molecule has 1 aliphatic rings. The van der Waals surface area contributed by atoms with Gasteiger partial charge in [-0.2, -0.15) is 0 Å². The van der Waals surface area contributed by atoms with Crippen molar-refractivity contribution in [2.24, 2.45) is 5.73 Å². The Morgan fingerprint density at radius 1 is 1.47 bits per heavy atom. The summed E-state index contributed by atoms with van der Waals surface area (Å²) >= 11 is 0. The van der Waals surface area contributed by atoms with Crippen LogP contribution >= 0.6 is 12.4 Å². The van der Waals surface area contributed by atoms with Gasteiger partial charge in [0.1, 0.15) is 5.82 Å². The Bertz CT molecular complexity index is 319. The molecule has 2 nitrogen and oxygen atoms in total. The molecule has 0 bridgehead atoms. The molecular weight excluding hydrogens is 215 g/mol. The van der Waals surface area contributed by atoms with Gasteiger partial charge in [0.15, 0.2) is 0 Å². The maximum Gasteiger partial charge on any atom is 0.123 e. The molecule has 0 radical (unpaired) electrons. The first-order valence-corrected chi connectivity index (χ1v) is 4.96. The van der Waals surface area contributed by atoms with Gasteiger partial charge in [0.25, 0.3) is 0 Å². The minimum Gasteiger partial charge on any atom is -0.326 e. The zero-order valence-corrected chi connectivity index (χ0v) is 9.34. The predicted molar refractivity (Wildman–Crippen MR) is 61.5 cm³/mol. The number of halogens is 2. The lowest BCUT2D eigenvalue weighted by Crippen LogP contribution is -2.26. The molecule has 0 unspecified atom stereocenters. The topological polar surface area (TPSA) is 29.3 Å². The summed E-state index contributed by atoms with van der Waals surface area (Å²) in [5.74, 6) is -0.161. The zero-order chi connectivity index (χ0) is 9.97. The van der Waals surface area contributed by atoms with Crippen molar-refractivity contribution in [3.05, 3.63) is 35.6 Å². The van der Waals surface area contributed by atoms with Crippen molar-refractivity contribution in [1.29, 1.82) is 0 Å². The summed E-state index contributed by atoms with van der Waals surface area (Å²) in [6, 6.07) is 7.06. The van der Waals surface area contributed by atoms with Crippen LogP contribution in [0.25, 0.3) is 0 Å². The van der Waals surface area contributed by atoms with E-state index < -0.39 is 0 Å². The summed E-state index contributed by atoms with van der Waals surface area (Å²) in [5, 5.41) is 0. The van der Waals surface area contributed by atoms with E-state index in [1.807, 2.05) is 6.07 Å². The van der Waals surface area contributed by atoms with Crippen LogP contribution < -0.4 is 5.73 Å². The molecule has 0 aromatic heterocycles. The Labute approximate surface area is 95.7 Å². The summed E-state index contributed by atoms with van der Waals surface area (Å²) in [6.07, 6.45) is 1.05. The number of nitrogens with zero attached hydrogens (tertiary/aromatic N) is 1. The number of likely N-dealkylation sites (tertiary alicyclic amines) is 1. The van der Waals surface area contributed by atoms with Crippen LogP contribution in [-0.2, 0) is 6.54 Å². The average molecular weight is 231 g/mol. The van der Waals surface area contributed by atoms with Crippen LogP contribution in [-0.4, -0.2) is 24.0 Å². The van der Waals surface area contributed by atoms with Gasteiger partial charge in [0.2, 0.25) is 0 Å². The smallest absolute Gasteiger partial charge is 0.123 e. The van der Waals surface area contributed by atoms with Crippen molar-refractivity contribution >= 4 is 12.4 Å². The van der Waals surface area contributed by atoms with E-state index in [4.69, 9.17) is 5.73 Å². The highest BCUT2D eigenvalue weighted by atomic mass is 35.5. The van der Waals surface area contributed by atoms with Crippen LogP contribution in [0.2, 0.25) is 0 Å². The number of benzene rings is 1. The minimum atomic E-state index is -0.161. The Kier molecular flexibility index (Phi) is 4.51. The van der Waals surface area contributed by atoms with E-state index >= 15 is 0 Å². The van der Waals surface area contributed by atoms with Crippen molar-refractivity contribution in [3.63, 3.8) is 0 Å². The fourth-order valence-electron chi connectivity index (χ4n) is 1.90. The molecule has 2 N–H and O–H groups in total. The first kappa shape index (κ1) is 12.4. The van der Waals surface area contributed by atoms with Crippen molar-refractivity contribution in [1.82, 2.24) is 4.90 Å². The summed E-state index contributed by atoms with van der Waals surface area (Å²) in [5.41, 5.74) is 6.82. The molecule has 2 rings (SSSR count). The molecule has 1 aromatic rings. The first-order valence-electron chi connectivity index (χ1n) is 4.96. The molecule has 1 fully saturated rings. The second-order valence-electron chi connectivity index (χ2n) is 3.91. The van der Waals surface area contributed by atoms with E-state index in [9.17, 15) is 4.39 Å². The highest BCUT2D eigenvalue weighted by Crippen LogP contribution is 2.12. The van der Waals surface area contributed by atoms with Crippen LogP contribution in [0.5, 0.6) is 0 Å². The lowest BCUT2D eigenvalue weighted by Gasteiger charge is -2.14. The van der Waals surface area contributed by atoms with Crippen LogP contribution in [0.4, 0.5) is 4.39 Å². The Hall–Kier alpha value is -0.640. The highest BCUT2D eigenvalue weighted by Gasteiger charge is 2.18. The van der Waals surface area contributed by atoms with Gasteiger partial charge >= 0.3 is 0 Å². The number of nitrogens with two attached hydrogens (primary N) is 1. The fraction of sp³-hybridized carbons (Fsp3) is 0.455. The van der Waals surface area contributed by atoms with Crippen molar-refractivity contribution in [2.45, 2.75) is 19.0 Å². The summed E-state index contributed by atoms with van der Waals surface area (Å²) in [6.45, 7) is 2.76. The summed E-state index contributed by atoms with van der Waals surface area (Å²) < 4.78 is 12.9. The van der Waals surface area contributed by atoms with Crippen LogP contribution in [0.15, 0.2) is 24.3 Å². The monoisotopic (exact) mass is 230 g/mol. The third kappa shape index (κ3) is 3.45. The summed E-state index contributed by atoms with van der Waals surface area (Å²) in [4.78, 5) is 2.26. The maximum atomic E-state index is 12.9.